The summed E-state index contributed by atoms with van der Waals surface area (Å²) in [6.07, 6.45) is 4.62. The number of carbonyl (C=O) groups excluding carboxylic acids is 1. The lowest BCUT2D eigenvalue weighted by atomic mass is 10.0. The minimum atomic E-state index is -0.414. The van der Waals surface area contributed by atoms with E-state index in [2.05, 4.69) is 4.90 Å². The Kier molecular flexibility index (Phi) is 5.15. The molecular weight excluding hydrogens is 266 g/mol. The van der Waals surface area contributed by atoms with Gasteiger partial charge in [0.25, 0.3) is 0 Å². The van der Waals surface area contributed by atoms with E-state index >= 15 is 0 Å². The second-order valence-corrected chi connectivity index (χ2v) is 7.64. The summed E-state index contributed by atoms with van der Waals surface area (Å²) in [6, 6.07) is 0. The van der Waals surface area contributed by atoms with E-state index < -0.39 is 5.60 Å². The van der Waals surface area contributed by atoms with Gasteiger partial charge in [-0.15, -0.1) is 0 Å². The number of nitrogens with zero attached hydrogens (tertiary/aromatic N) is 2. The van der Waals surface area contributed by atoms with Crippen LogP contribution in [0.3, 0.4) is 0 Å². The maximum Gasteiger partial charge on any atom is 0.410 e. The summed E-state index contributed by atoms with van der Waals surface area (Å²) >= 11 is 0. The second kappa shape index (κ2) is 6.53. The Labute approximate surface area is 128 Å². The van der Waals surface area contributed by atoms with Crippen LogP contribution in [0.2, 0.25) is 0 Å². The molecular formula is C16H31N3O2. The molecule has 1 heterocycles. The number of carbonyl (C=O) groups is 1. The van der Waals surface area contributed by atoms with Crippen LogP contribution in [0.25, 0.3) is 0 Å². The molecule has 2 N–H and O–H groups in total. The third-order valence-corrected chi connectivity index (χ3v) is 4.43. The van der Waals surface area contributed by atoms with Gasteiger partial charge in [-0.3, -0.25) is 0 Å². The molecule has 0 aromatic carbocycles. The van der Waals surface area contributed by atoms with Crippen LogP contribution in [0.5, 0.6) is 0 Å². The van der Waals surface area contributed by atoms with Gasteiger partial charge in [0.05, 0.1) is 0 Å². The highest BCUT2D eigenvalue weighted by atomic mass is 16.6. The van der Waals surface area contributed by atoms with Gasteiger partial charge in [0.2, 0.25) is 0 Å². The third kappa shape index (κ3) is 5.15. The Morgan fingerprint density at radius 2 is 1.90 bits per heavy atom. The third-order valence-electron chi connectivity index (χ3n) is 4.43. The summed E-state index contributed by atoms with van der Waals surface area (Å²) in [7, 11) is 0. The lowest BCUT2D eigenvalue weighted by molar-refractivity contribution is 0.0257. The highest BCUT2D eigenvalue weighted by Gasteiger charge is 2.43. The van der Waals surface area contributed by atoms with E-state index in [0.29, 0.717) is 5.41 Å². The van der Waals surface area contributed by atoms with Crippen molar-refractivity contribution in [2.75, 3.05) is 39.3 Å². The van der Waals surface area contributed by atoms with Crippen LogP contribution in [-0.4, -0.2) is 60.8 Å². The lowest BCUT2D eigenvalue weighted by Crippen LogP contribution is -2.40. The van der Waals surface area contributed by atoms with E-state index in [1.807, 2.05) is 25.7 Å². The second-order valence-electron chi connectivity index (χ2n) is 7.64. The molecule has 2 fully saturated rings. The van der Waals surface area contributed by atoms with E-state index in [9.17, 15) is 4.79 Å². The van der Waals surface area contributed by atoms with E-state index in [4.69, 9.17) is 10.5 Å². The minimum absolute atomic E-state index is 0.174. The standard InChI is InChI=1S/C16H31N3O2/c1-15(2,3)21-14(20)19-10-4-9-18(11-12-19)13-16(5-6-16)7-8-17/h4-13,17H2,1-3H3. The SMILES string of the molecule is CC(C)(C)OC(=O)N1CCCN(CC2(CCN)CC2)CC1. The van der Waals surface area contributed by atoms with Gasteiger partial charge in [-0.25, -0.2) is 4.79 Å². The van der Waals surface area contributed by atoms with E-state index in [0.717, 1.165) is 52.1 Å². The van der Waals surface area contributed by atoms with Gasteiger partial charge in [0, 0.05) is 26.2 Å². The molecule has 0 unspecified atom stereocenters. The molecule has 21 heavy (non-hydrogen) atoms. The molecule has 5 heteroatoms. The first-order valence-electron chi connectivity index (χ1n) is 8.24. The van der Waals surface area contributed by atoms with Gasteiger partial charge in [-0.05, 0) is 65.0 Å². The van der Waals surface area contributed by atoms with Crippen molar-refractivity contribution in [3.8, 4) is 0 Å². The van der Waals surface area contributed by atoms with Crippen molar-refractivity contribution in [2.45, 2.75) is 52.1 Å². The van der Waals surface area contributed by atoms with Crippen LogP contribution in [0, 0.1) is 5.41 Å². The van der Waals surface area contributed by atoms with Crippen molar-refractivity contribution in [2.24, 2.45) is 11.1 Å². The van der Waals surface area contributed by atoms with Crippen molar-refractivity contribution in [3.05, 3.63) is 0 Å². The normalized spacial score (nSPS) is 22.8. The molecule has 0 bridgehead atoms. The monoisotopic (exact) mass is 297 g/mol. The number of hydrogen-bond donors (Lipinski definition) is 1. The van der Waals surface area contributed by atoms with Crippen molar-refractivity contribution >= 4 is 6.09 Å². The average Bonchev–Trinajstić information content (AvgIpc) is 3.13. The topological polar surface area (TPSA) is 58.8 Å². The van der Waals surface area contributed by atoms with Crippen LogP contribution < -0.4 is 5.73 Å². The van der Waals surface area contributed by atoms with Crippen molar-refractivity contribution in [3.63, 3.8) is 0 Å². The fourth-order valence-electron chi connectivity index (χ4n) is 3.08. The number of rotatable bonds is 4. The molecule has 1 aliphatic heterocycles. The number of nitrogens with two attached hydrogens (primary N) is 1. The Hall–Kier alpha value is -0.810. The zero-order valence-electron chi connectivity index (χ0n) is 13.9. The zero-order valence-corrected chi connectivity index (χ0v) is 13.9. The molecule has 1 saturated carbocycles. The van der Waals surface area contributed by atoms with Gasteiger partial charge < -0.3 is 20.3 Å². The molecule has 1 aliphatic carbocycles. The Bertz CT molecular complexity index is 361. The maximum atomic E-state index is 12.1. The van der Waals surface area contributed by atoms with Crippen LogP contribution in [0.4, 0.5) is 4.79 Å². The zero-order chi connectivity index (χ0) is 15.5. The summed E-state index contributed by atoms with van der Waals surface area (Å²) in [4.78, 5) is 16.5. The van der Waals surface area contributed by atoms with Crippen molar-refractivity contribution in [1.29, 1.82) is 0 Å². The predicted molar refractivity (Wildman–Crippen MR) is 84.2 cm³/mol. The number of amides is 1. The van der Waals surface area contributed by atoms with E-state index in [-0.39, 0.29) is 6.09 Å². The Morgan fingerprint density at radius 3 is 2.48 bits per heavy atom. The predicted octanol–water partition coefficient (Wildman–Crippen LogP) is 2.06. The van der Waals surface area contributed by atoms with Gasteiger partial charge >= 0.3 is 6.09 Å². The summed E-state index contributed by atoms with van der Waals surface area (Å²) in [5.74, 6) is 0. The van der Waals surface area contributed by atoms with E-state index in [1.54, 1.807) is 0 Å². The summed E-state index contributed by atoms with van der Waals surface area (Å²) in [5, 5.41) is 0. The van der Waals surface area contributed by atoms with Gasteiger partial charge in [0.1, 0.15) is 5.60 Å². The van der Waals surface area contributed by atoms with Crippen LogP contribution in [0.15, 0.2) is 0 Å². The van der Waals surface area contributed by atoms with Gasteiger partial charge in [-0.2, -0.15) is 0 Å². The molecule has 0 atom stereocenters. The Balaban J connectivity index is 1.80. The van der Waals surface area contributed by atoms with Crippen molar-refractivity contribution in [1.82, 2.24) is 9.80 Å². The summed E-state index contributed by atoms with van der Waals surface area (Å²) in [5.41, 5.74) is 5.79. The Morgan fingerprint density at radius 1 is 1.19 bits per heavy atom. The van der Waals surface area contributed by atoms with Crippen LogP contribution >= 0.6 is 0 Å². The lowest BCUT2D eigenvalue weighted by Gasteiger charge is -2.27. The summed E-state index contributed by atoms with van der Waals surface area (Å²) in [6.45, 7) is 11.3. The van der Waals surface area contributed by atoms with Crippen LogP contribution in [-0.2, 0) is 4.74 Å². The quantitative estimate of drug-likeness (QED) is 0.863. The first-order valence-corrected chi connectivity index (χ1v) is 8.24. The fourth-order valence-corrected chi connectivity index (χ4v) is 3.08. The summed E-state index contributed by atoms with van der Waals surface area (Å²) < 4.78 is 5.47. The molecule has 1 amide bonds. The molecule has 0 radical (unpaired) electrons. The molecule has 122 valence electrons. The minimum Gasteiger partial charge on any atom is -0.444 e. The smallest absolute Gasteiger partial charge is 0.410 e. The molecule has 5 nitrogen and oxygen atoms in total. The molecule has 0 aromatic rings. The number of ether oxygens (including phenoxy) is 1. The van der Waals surface area contributed by atoms with Gasteiger partial charge in [0.15, 0.2) is 0 Å². The van der Waals surface area contributed by atoms with Crippen LogP contribution in [0.1, 0.15) is 46.5 Å². The highest BCUT2D eigenvalue weighted by Crippen LogP contribution is 2.49. The average molecular weight is 297 g/mol. The van der Waals surface area contributed by atoms with Gasteiger partial charge in [-0.1, -0.05) is 0 Å². The first-order chi connectivity index (χ1) is 9.84. The van der Waals surface area contributed by atoms with E-state index in [1.165, 1.54) is 12.8 Å². The largest absolute Gasteiger partial charge is 0.444 e. The molecule has 1 saturated heterocycles. The van der Waals surface area contributed by atoms with Crippen molar-refractivity contribution < 1.29 is 9.53 Å². The molecule has 0 aromatic heterocycles. The maximum absolute atomic E-state index is 12.1. The first kappa shape index (κ1) is 16.6. The molecule has 2 aliphatic rings. The molecule has 0 spiro atoms. The number of hydrogen-bond acceptors (Lipinski definition) is 4. The molecule has 2 rings (SSSR count). The fraction of sp³-hybridized carbons (Fsp3) is 0.938. The highest BCUT2D eigenvalue weighted by molar-refractivity contribution is 5.68.